The molecule has 29 heavy (non-hydrogen) atoms. The number of nitrogens with zero attached hydrogens (tertiary/aromatic N) is 1. The van der Waals surface area contributed by atoms with Gasteiger partial charge in [-0.3, -0.25) is 4.98 Å². The predicted octanol–water partition coefficient (Wildman–Crippen LogP) is 8.54. The molecular weight excluding hydrogens is 371 g/mol. The summed E-state index contributed by atoms with van der Waals surface area (Å²) in [7, 11) is 0. The van der Waals surface area contributed by atoms with Gasteiger partial charge in [0.1, 0.15) is 5.69 Å². The van der Waals surface area contributed by atoms with E-state index in [1.165, 1.54) is 83.2 Å². The van der Waals surface area contributed by atoms with Crippen molar-refractivity contribution in [1.82, 2.24) is 4.98 Å². The number of hydrogen-bond acceptors (Lipinski definition) is 1. The van der Waals surface area contributed by atoms with Crippen LogP contribution in [0.25, 0.3) is 0 Å². The maximum atomic E-state index is 12.7. The third-order valence-corrected chi connectivity index (χ3v) is 7.59. The average molecular weight is 410 g/mol. The van der Waals surface area contributed by atoms with E-state index in [2.05, 4.69) is 11.9 Å². The van der Waals surface area contributed by atoms with Gasteiger partial charge >= 0.3 is 6.18 Å². The number of halogens is 3. The molecule has 1 aromatic heterocycles. The third-order valence-electron chi connectivity index (χ3n) is 7.59. The first-order valence-corrected chi connectivity index (χ1v) is 12.0. The molecular formula is C25H38F3N. The molecule has 2 fully saturated rings. The first-order valence-electron chi connectivity index (χ1n) is 12.0. The summed E-state index contributed by atoms with van der Waals surface area (Å²) in [6.45, 7) is 2.27. The summed E-state index contributed by atoms with van der Waals surface area (Å²) in [5.41, 5.74) is 0.209. The Morgan fingerprint density at radius 1 is 0.828 bits per heavy atom. The van der Waals surface area contributed by atoms with E-state index in [-0.39, 0.29) is 0 Å². The lowest BCUT2D eigenvalue weighted by atomic mass is 9.68. The average Bonchev–Trinajstić information content (AvgIpc) is 2.74. The van der Waals surface area contributed by atoms with Gasteiger partial charge < -0.3 is 0 Å². The molecule has 0 spiro atoms. The molecule has 0 unspecified atom stereocenters. The van der Waals surface area contributed by atoms with Crippen molar-refractivity contribution in [3.8, 4) is 0 Å². The molecule has 0 bridgehead atoms. The number of aromatic nitrogens is 1. The van der Waals surface area contributed by atoms with Crippen LogP contribution in [0.15, 0.2) is 18.3 Å². The smallest absolute Gasteiger partial charge is 0.251 e. The van der Waals surface area contributed by atoms with Crippen LogP contribution in [0.4, 0.5) is 13.2 Å². The Balaban J connectivity index is 1.37. The molecule has 3 rings (SSSR count). The van der Waals surface area contributed by atoms with E-state index in [4.69, 9.17) is 0 Å². The van der Waals surface area contributed by atoms with Gasteiger partial charge in [0.15, 0.2) is 0 Å². The monoisotopic (exact) mass is 409 g/mol. The van der Waals surface area contributed by atoms with Crippen molar-refractivity contribution in [3.63, 3.8) is 0 Å². The van der Waals surface area contributed by atoms with E-state index in [0.29, 0.717) is 5.92 Å². The highest BCUT2D eigenvalue weighted by Crippen LogP contribution is 2.44. The van der Waals surface area contributed by atoms with Crippen molar-refractivity contribution in [3.05, 3.63) is 29.6 Å². The van der Waals surface area contributed by atoms with Crippen molar-refractivity contribution < 1.29 is 13.2 Å². The fourth-order valence-electron chi connectivity index (χ4n) is 5.72. The van der Waals surface area contributed by atoms with E-state index < -0.39 is 11.9 Å². The highest BCUT2D eigenvalue weighted by Gasteiger charge is 2.34. The quantitative estimate of drug-likeness (QED) is 0.392. The Bertz CT molecular complexity index is 579. The van der Waals surface area contributed by atoms with E-state index in [0.717, 1.165) is 42.2 Å². The van der Waals surface area contributed by atoms with Crippen LogP contribution in [0, 0.1) is 17.8 Å². The van der Waals surface area contributed by atoms with E-state index in [9.17, 15) is 13.2 Å². The minimum absolute atomic E-state index is 0.389. The molecule has 2 saturated carbocycles. The number of unbranched alkanes of at least 4 members (excludes halogenated alkanes) is 4. The highest BCUT2D eigenvalue weighted by atomic mass is 19.4. The van der Waals surface area contributed by atoms with E-state index >= 15 is 0 Å². The SMILES string of the molecule is CCCCCCC[C@H]1CC[C@H](C2CCC(c3ccc(C(F)(F)F)nc3)CC2)CC1. The zero-order valence-corrected chi connectivity index (χ0v) is 18.0. The van der Waals surface area contributed by atoms with Gasteiger partial charge in [-0.25, -0.2) is 0 Å². The lowest BCUT2D eigenvalue weighted by Gasteiger charge is -2.38. The van der Waals surface area contributed by atoms with Crippen LogP contribution < -0.4 is 0 Å². The zero-order chi connectivity index (χ0) is 20.7. The molecule has 2 aliphatic rings. The number of alkyl halides is 3. The van der Waals surface area contributed by atoms with Crippen molar-refractivity contribution in [2.24, 2.45) is 17.8 Å². The predicted molar refractivity (Wildman–Crippen MR) is 113 cm³/mol. The molecule has 0 aromatic carbocycles. The molecule has 1 heterocycles. The van der Waals surface area contributed by atoms with Gasteiger partial charge in [0, 0.05) is 6.20 Å². The van der Waals surface area contributed by atoms with Gasteiger partial charge in [0.05, 0.1) is 0 Å². The summed E-state index contributed by atoms with van der Waals surface area (Å²) in [6, 6.07) is 2.79. The van der Waals surface area contributed by atoms with Gasteiger partial charge in [-0.1, -0.05) is 64.4 Å². The molecule has 164 valence electrons. The molecule has 1 aromatic rings. The summed E-state index contributed by atoms with van der Waals surface area (Å²) < 4.78 is 38.1. The topological polar surface area (TPSA) is 12.9 Å². The molecule has 0 N–H and O–H groups in total. The van der Waals surface area contributed by atoms with Crippen LogP contribution in [-0.2, 0) is 6.18 Å². The minimum atomic E-state index is -4.34. The maximum absolute atomic E-state index is 12.7. The van der Waals surface area contributed by atoms with Crippen LogP contribution in [0.3, 0.4) is 0 Å². The van der Waals surface area contributed by atoms with Crippen LogP contribution in [0.5, 0.6) is 0 Å². The fraction of sp³-hybridized carbons (Fsp3) is 0.800. The normalized spacial score (nSPS) is 28.4. The fourth-order valence-corrected chi connectivity index (χ4v) is 5.72. The minimum Gasteiger partial charge on any atom is -0.251 e. The Labute approximate surface area is 174 Å². The lowest BCUT2D eigenvalue weighted by molar-refractivity contribution is -0.141. The van der Waals surface area contributed by atoms with Gasteiger partial charge in [-0.2, -0.15) is 13.2 Å². The van der Waals surface area contributed by atoms with Crippen molar-refractivity contribution >= 4 is 0 Å². The van der Waals surface area contributed by atoms with Gasteiger partial charge in [-0.15, -0.1) is 0 Å². The van der Waals surface area contributed by atoms with Gasteiger partial charge in [0.25, 0.3) is 0 Å². The molecule has 1 nitrogen and oxygen atoms in total. The Hall–Kier alpha value is -1.06. The van der Waals surface area contributed by atoms with Crippen LogP contribution in [-0.4, -0.2) is 4.98 Å². The first-order chi connectivity index (χ1) is 14.0. The Morgan fingerprint density at radius 3 is 2.00 bits per heavy atom. The molecule has 0 atom stereocenters. The lowest BCUT2D eigenvalue weighted by Crippen LogP contribution is -2.25. The summed E-state index contributed by atoms with van der Waals surface area (Å²) in [5.74, 6) is 3.07. The largest absolute Gasteiger partial charge is 0.433 e. The standard InChI is InChI=1S/C25H38F3N/c1-2-3-4-5-6-7-19-8-10-20(11-9-19)21-12-14-22(15-13-21)23-16-17-24(29-18-23)25(26,27)28/h16-22H,2-15H2,1H3/t19-,20-,21?,22?. The summed E-state index contributed by atoms with van der Waals surface area (Å²) >= 11 is 0. The summed E-state index contributed by atoms with van der Waals surface area (Å²) in [4.78, 5) is 3.66. The molecule has 0 saturated heterocycles. The van der Waals surface area contributed by atoms with Crippen molar-refractivity contribution in [2.75, 3.05) is 0 Å². The highest BCUT2D eigenvalue weighted by molar-refractivity contribution is 5.20. The van der Waals surface area contributed by atoms with E-state index in [1.54, 1.807) is 6.07 Å². The number of pyridine rings is 1. The van der Waals surface area contributed by atoms with Crippen LogP contribution >= 0.6 is 0 Å². The molecule has 0 radical (unpaired) electrons. The van der Waals surface area contributed by atoms with Crippen molar-refractivity contribution in [1.29, 1.82) is 0 Å². The van der Waals surface area contributed by atoms with Crippen LogP contribution in [0.2, 0.25) is 0 Å². The Kier molecular flexibility index (Phi) is 8.44. The second-order valence-corrected chi connectivity index (χ2v) is 9.57. The number of rotatable bonds is 8. The molecule has 2 aliphatic carbocycles. The molecule has 0 aliphatic heterocycles. The second-order valence-electron chi connectivity index (χ2n) is 9.57. The molecule has 0 amide bonds. The van der Waals surface area contributed by atoms with Crippen molar-refractivity contribution in [2.45, 2.75) is 109 Å². The zero-order valence-electron chi connectivity index (χ0n) is 18.0. The first kappa shape index (κ1) is 22.6. The van der Waals surface area contributed by atoms with Gasteiger partial charge in [-0.05, 0) is 73.8 Å². The Morgan fingerprint density at radius 2 is 1.45 bits per heavy atom. The number of hydrogen-bond donors (Lipinski definition) is 0. The molecule has 4 heteroatoms. The van der Waals surface area contributed by atoms with Crippen LogP contribution in [0.1, 0.15) is 114 Å². The summed E-state index contributed by atoms with van der Waals surface area (Å²) in [6.07, 6.45) is 15.8. The van der Waals surface area contributed by atoms with E-state index in [1.807, 2.05) is 0 Å². The van der Waals surface area contributed by atoms with Gasteiger partial charge in [0.2, 0.25) is 0 Å². The maximum Gasteiger partial charge on any atom is 0.433 e. The third kappa shape index (κ3) is 6.72. The second kappa shape index (κ2) is 10.8. The summed E-state index contributed by atoms with van der Waals surface area (Å²) in [5, 5.41) is 0.